The fraction of sp³-hybridized carbons (Fsp3) is 0.158. The van der Waals surface area contributed by atoms with E-state index in [9.17, 15) is 0 Å². The maximum atomic E-state index is 6.01. The van der Waals surface area contributed by atoms with Crippen LogP contribution in [0.3, 0.4) is 0 Å². The summed E-state index contributed by atoms with van der Waals surface area (Å²) in [7, 11) is 0. The zero-order valence-corrected chi connectivity index (χ0v) is 11.8. The molecule has 20 heavy (non-hydrogen) atoms. The van der Waals surface area contributed by atoms with Gasteiger partial charge in [-0.15, -0.1) is 0 Å². The normalized spacial score (nSPS) is 15.1. The Bertz CT molecular complexity index is 844. The van der Waals surface area contributed by atoms with Gasteiger partial charge in [0.25, 0.3) is 0 Å². The van der Waals surface area contributed by atoms with Crippen LogP contribution in [0.2, 0.25) is 0 Å². The largest absolute Gasteiger partial charge is 0.399 e. The fourth-order valence-corrected chi connectivity index (χ4v) is 3.63. The minimum Gasteiger partial charge on any atom is -0.399 e. The second kappa shape index (κ2) is 3.63. The Morgan fingerprint density at radius 1 is 0.850 bits per heavy atom. The lowest BCUT2D eigenvalue weighted by molar-refractivity contribution is 0.666. The first-order valence-electron chi connectivity index (χ1n) is 7.01. The summed E-state index contributed by atoms with van der Waals surface area (Å²) < 4.78 is 0. The van der Waals surface area contributed by atoms with Gasteiger partial charge in [0.15, 0.2) is 0 Å². The van der Waals surface area contributed by atoms with Gasteiger partial charge in [-0.2, -0.15) is 0 Å². The van der Waals surface area contributed by atoms with E-state index in [2.05, 4.69) is 62.4 Å². The molecule has 0 radical (unpaired) electrons. The third-order valence-corrected chi connectivity index (χ3v) is 4.56. The lowest BCUT2D eigenvalue weighted by atomic mass is 9.80. The third-order valence-electron chi connectivity index (χ3n) is 4.56. The Labute approximate surface area is 119 Å². The van der Waals surface area contributed by atoms with Crippen LogP contribution in [0.1, 0.15) is 25.0 Å². The van der Waals surface area contributed by atoms with E-state index in [0.717, 1.165) is 5.69 Å². The molecule has 0 fully saturated rings. The van der Waals surface area contributed by atoms with Crippen LogP contribution in [0.15, 0.2) is 54.6 Å². The molecule has 1 aliphatic rings. The first-order chi connectivity index (χ1) is 9.59. The Morgan fingerprint density at radius 3 is 2.45 bits per heavy atom. The van der Waals surface area contributed by atoms with E-state index in [1.807, 2.05) is 6.07 Å². The molecule has 0 aromatic heterocycles. The van der Waals surface area contributed by atoms with Gasteiger partial charge in [0.1, 0.15) is 0 Å². The number of hydrogen-bond acceptors (Lipinski definition) is 1. The quantitative estimate of drug-likeness (QED) is 0.580. The lowest BCUT2D eigenvalue weighted by Gasteiger charge is -2.23. The number of nitrogen functional groups attached to an aromatic ring is 1. The average Bonchev–Trinajstić information content (AvgIpc) is 2.68. The number of nitrogens with two attached hydrogens (primary N) is 1. The highest BCUT2D eigenvalue weighted by Gasteiger charge is 2.36. The van der Waals surface area contributed by atoms with E-state index < -0.39 is 0 Å². The fourth-order valence-electron chi connectivity index (χ4n) is 3.63. The smallest absolute Gasteiger partial charge is 0.0320 e. The van der Waals surface area contributed by atoms with Gasteiger partial charge < -0.3 is 5.73 Å². The van der Waals surface area contributed by atoms with E-state index in [4.69, 9.17) is 5.73 Å². The number of hydrogen-bond donors (Lipinski definition) is 1. The van der Waals surface area contributed by atoms with Gasteiger partial charge in [0.05, 0.1) is 0 Å². The average molecular weight is 259 g/mol. The molecule has 4 rings (SSSR count). The van der Waals surface area contributed by atoms with Gasteiger partial charge in [-0.25, -0.2) is 0 Å². The molecule has 0 aliphatic heterocycles. The molecule has 0 saturated carbocycles. The summed E-state index contributed by atoms with van der Waals surface area (Å²) in [5.41, 5.74) is 12.4. The molecule has 0 bridgehead atoms. The van der Waals surface area contributed by atoms with Crippen molar-refractivity contribution in [3.05, 3.63) is 65.7 Å². The standard InChI is InChI=1S/C19H17N/c1-19(2)17-6-4-3-5-14(17)15-10-8-12-7-9-13(20)11-16(12)18(15)19/h3-11H,20H2,1-2H3. The lowest BCUT2D eigenvalue weighted by Crippen LogP contribution is -2.15. The number of rotatable bonds is 0. The van der Waals surface area contributed by atoms with Crippen molar-refractivity contribution in [2.24, 2.45) is 0 Å². The third kappa shape index (κ3) is 1.32. The number of anilines is 1. The van der Waals surface area contributed by atoms with Gasteiger partial charge >= 0.3 is 0 Å². The Morgan fingerprint density at radius 2 is 1.60 bits per heavy atom. The van der Waals surface area contributed by atoms with E-state index in [1.165, 1.54) is 33.0 Å². The molecule has 1 aliphatic carbocycles. The summed E-state index contributed by atoms with van der Waals surface area (Å²) in [6.45, 7) is 4.61. The van der Waals surface area contributed by atoms with Crippen molar-refractivity contribution in [3.8, 4) is 11.1 Å². The molecule has 0 heterocycles. The van der Waals surface area contributed by atoms with Crippen molar-refractivity contribution in [1.29, 1.82) is 0 Å². The summed E-state index contributed by atoms with van der Waals surface area (Å²) in [5, 5.41) is 2.54. The summed E-state index contributed by atoms with van der Waals surface area (Å²) in [6, 6.07) is 19.4. The molecule has 0 unspecified atom stereocenters. The SMILES string of the molecule is CC1(C)c2ccccc2-c2ccc3ccc(N)cc3c21. The molecule has 3 aromatic carbocycles. The minimum absolute atomic E-state index is 0.0270. The van der Waals surface area contributed by atoms with Gasteiger partial charge in [0.2, 0.25) is 0 Å². The highest BCUT2D eigenvalue weighted by Crippen LogP contribution is 2.51. The van der Waals surface area contributed by atoms with Crippen molar-refractivity contribution in [3.63, 3.8) is 0 Å². The summed E-state index contributed by atoms with van der Waals surface area (Å²) >= 11 is 0. The highest BCUT2D eigenvalue weighted by atomic mass is 14.5. The Balaban J connectivity index is 2.19. The molecular formula is C19H17N. The summed E-state index contributed by atoms with van der Waals surface area (Å²) in [5.74, 6) is 0. The van der Waals surface area contributed by atoms with Crippen LogP contribution < -0.4 is 5.73 Å². The van der Waals surface area contributed by atoms with Crippen LogP contribution in [-0.2, 0) is 5.41 Å². The van der Waals surface area contributed by atoms with Crippen LogP contribution in [-0.4, -0.2) is 0 Å². The molecule has 2 N–H and O–H groups in total. The Kier molecular flexibility index (Phi) is 2.10. The van der Waals surface area contributed by atoms with Crippen molar-refractivity contribution in [2.75, 3.05) is 5.73 Å². The van der Waals surface area contributed by atoms with Crippen LogP contribution in [0.5, 0.6) is 0 Å². The van der Waals surface area contributed by atoms with Crippen molar-refractivity contribution in [1.82, 2.24) is 0 Å². The highest BCUT2D eigenvalue weighted by molar-refractivity contribution is 5.98. The van der Waals surface area contributed by atoms with E-state index in [1.54, 1.807) is 0 Å². The van der Waals surface area contributed by atoms with Crippen molar-refractivity contribution in [2.45, 2.75) is 19.3 Å². The minimum atomic E-state index is 0.0270. The van der Waals surface area contributed by atoms with Gasteiger partial charge in [-0.3, -0.25) is 0 Å². The second-order valence-corrected chi connectivity index (χ2v) is 6.14. The van der Waals surface area contributed by atoms with E-state index in [-0.39, 0.29) is 5.41 Å². The summed E-state index contributed by atoms with van der Waals surface area (Å²) in [6.07, 6.45) is 0. The molecule has 0 spiro atoms. The summed E-state index contributed by atoms with van der Waals surface area (Å²) in [4.78, 5) is 0. The topological polar surface area (TPSA) is 26.0 Å². The molecule has 1 nitrogen and oxygen atoms in total. The zero-order valence-electron chi connectivity index (χ0n) is 11.8. The molecular weight excluding hydrogens is 242 g/mol. The van der Waals surface area contributed by atoms with Crippen molar-refractivity contribution >= 4 is 16.5 Å². The second-order valence-electron chi connectivity index (χ2n) is 6.14. The Hall–Kier alpha value is -2.28. The molecule has 3 aromatic rings. The van der Waals surface area contributed by atoms with Crippen LogP contribution in [0, 0.1) is 0 Å². The maximum Gasteiger partial charge on any atom is 0.0320 e. The zero-order chi connectivity index (χ0) is 13.9. The van der Waals surface area contributed by atoms with Crippen molar-refractivity contribution < 1.29 is 0 Å². The maximum absolute atomic E-state index is 6.01. The van der Waals surface area contributed by atoms with Gasteiger partial charge in [0, 0.05) is 11.1 Å². The molecule has 0 amide bonds. The predicted octanol–water partition coefficient (Wildman–Crippen LogP) is 4.73. The van der Waals surface area contributed by atoms with E-state index >= 15 is 0 Å². The molecule has 98 valence electrons. The first kappa shape index (κ1) is 11.5. The monoisotopic (exact) mass is 259 g/mol. The molecule has 0 saturated heterocycles. The number of benzene rings is 3. The van der Waals surface area contributed by atoms with Gasteiger partial charge in [-0.05, 0) is 45.2 Å². The predicted molar refractivity (Wildman–Crippen MR) is 85.9 cm³/mol. The van der Waals surface area contributed by atoms with Gasteiger partial charge in [-0.1, -0.05) is 56.3 Å². The van der Waals surface area contributed by atoms with Crippen LogP contribution >= 0.6 is 0 Å². The van der Waals surface area contributed by atoms with Crippen LogP contribution in [0.4, 0.5) is 5.69 Å². The number of fused-ring (bicyclic) bond motifs is 5. The molecule has 0 atom stereocenters. The van der Waals surface area contributed by atoms with E-state index in [0.29, 0.717) is 0 Å². The van der Waals surface area contributed by atoms with Crippen LogP contribution in [0.25, 0.3) is 21.9 Å². The molecule has 1 heteroatoms. The first-order valence-corrected chi connectivity index (χ1v) is 7.01.